The molecular weight excluding hydrogens is 545 g/mol. The van der Waals surface area contributed by atoms with Crippen LogP contribution in [0.1, 0.15) is 11.1 Å². The molecule has 0 spiro atoms. The summed E-state index contributed by atoms with van der Waals surface area (Å²) in [6.07, 6.45) is 1.81. The zero-order chi connectivity index (χ0) is 22.9. The molecule has 2 aromatic rings. The summed E-state index contributed by atoms with van der Waals surface area (Å²) in [6, 6.07) is 8.73. The molecule has 0 radical (unpaired) electrons. The standard InChI is InChI=1S/C22H30F2N6O2.HI/c1-25-22(28-15-17-13-18(31-3)4-5-19(17)32-21(23)24)27-14-16-6-7-26-20(12-16)30-10-8-29(2)9-11-30;/h4-7,12-13,21H,8-11,14-15H2,1-3H3,(H2,25,27,28);1H. The highest BCUT2D eigenvalue weighted by molar-refractivity contribution is 14.0. The second-order valence-electron chi connectivity index (χ2n) is 7.44. The van der Waals surface area contributed by atoms with Crippen molar-refractivity contribution in [1.82, 2.24) is 20.5 Å². The lowest BCUT2D eigenvalue weighted by atomic mass is 10.2. The van der Waals surface area contributed by atoms with Crippen molar-refractivity contribution >= 4 is 35.8 Å². The van der Waals surface area contributed by atoms with Gasteiger partial charge in [0.2, 0.25) is 0 Å². The van der Waals surface area contributed by atoms with Gasteiger partial charge in [0.15, 0.2) is 5.96 Å². The summed E-state index contributed by atoms with van der Waals surface area (Å²) < 4.78 is 35.2. The molecule has 2 N–H and O–H groups in total. The van der Waals surface area contributed by atoms with Crippen LogP contribution in [-0.4, -0.2) is 69.8 Å². The third-order valence-electron chi connectivity index (χ3n) is 5.25. The molecule has 0 unspecified atom stereocenters. The van der Waals surface area contributed by atoms with Gasteiger partial charge in [-0.3, -0.25) is 4.99 Å². The van der Waals surface area contributed by atoms with Crippen molar-refractivity contribution in [3.63, 3.8) is 0 Å². The predicted molar refractivity (Wildman–Crippen MR) is 136 cm³/mol. The van der Waals surface area contributed by atoms with Crippen molar-refractivity contribution < 1.29 is 18.3 Å². The Balaban J connectivity index is 0.00000385. The Kier molecular flexibility index (Phi) is 10.8. The van der Waals surface area contributed by atoms with Crippen LogP contribution >= 0.6 is 24.0 Å². The van der Waals surface area contributed by atoms with Gasteiger partial charge in [0.25, 0.3) is 0 Å². The summed E-state index contributed by atoms with van der Waals surface area (Å²) in [5.74, 6) is 2.15. The Bertz CT molecular complexity index is 910. The molecule has 33 heavy (non-hydrogen) atoms. The first-order valence-electron chi connectivity index (χ1n) is 10.4. The molecule has 1 aliphatic heterocycles. The molecule has 3 rings (SSSR count). The highest BCUT2D eigenvalue weighted by Gasteiger charge is 2.16. The van der Waals surface area contributed by atoms with E-state index in [9.17, 15) is 8.78 Å². The maximum atomic E-state index is 12.7. The summed E-state index contributed by atoms with van der Waals surface area (Å²) in [7, 11) is 5.29. The van der Waals surface area contributed by atoms with Gasteiger partial charge < -0.3 is 29.9 Å². The molecule has 0 aliphatic carbocycles. The Morgan fingerprint density at radius 1 is 1.12 bits per heavy atom. The largest absolute Gasteiger partial charge is 0.497 e. The fourth-order valence-corrected chi connectivity index (χ4v) is 3.40. The van der Waals surface area contributed by atoms with E-state index in [0.29, 0.717) is 23.8 Å². The number of piperazine rings is 1. The number of methoxy groups -OCH3 is 1. The third-order valence-corrected chi connectivity index (χ3v) is 5.25. The minimum atomic E-state index is -2.90. The molecule has 1 saturated heterocycles. The molecule has 0 saturated carbocycles. The number of guanidine groups is 1. The monoisotopic (exact) mass is 576 g/mol. The van der Waals surface area contributed by atoms with Crippen LogP contribution in [-0.2, 0) is 13.1 Å². The van der Waals surface area contributed by atoms with Gasteiger partial charge in [0.05, 0.1) is 7.11 Å². The quantitative estimate of drug-likeness (QED) is 0.285. The zero-order valence-corrected chi connectivity index (χ0v) is 21.4. The number of rotatable bonds is 8. The minimum absolute atomic E-state index is 0. The van der Waals surface area contributed by atoms with Crippen LogP contribution < -0.4 is 25.0 Å². The van der Waals surface area contributed by atoms with Gasteiger partial charge in [0, 0.05) is 58.1 Å². The number of anilines is 1. The second-order valence-corrected chi connectivity index (χ2v) is 7.44. The van der Waals surface area contributed by atoms with E-state index in [2.05, 4.69) is 48.3 Å². The van der Waals surface area contributed by atoms with E-state index in [1.807, 2.05) is 12.3 Å². The van der Waals surface area contributed by atoms with Crippen molar-refractivity contribution in [3.05, 3.63) is 47.7 Å². The Labute approximate surface area is 210 Å². The minimum Gasteiger partial charge on any atom is -0.497 e. The van der Waals surface area contributed by atoms with Crippen molar-refractivity contribution in [2.45, 2.75) is 19.7 Å². The van der Waals surface area contributed by atoms with Crippen molar-refractivity contribution in [2.75, 3.05) is 52.3 Å². The van der Waals surface area contributed by atoms with E-state index in [1.54, 1.807) is 19.2 Å². The lowest BCUT2D eigenvalue weighted by Crippen LogP contribution is -2.44. The number of benzene rings is 1. The molecule has 2 heterocycles. The number of halogens is 3. The first kappa shape index (κ1) is 26.8. The molecule has 0 amide bonds. The van der Waals surface area contributed by atoms with Gasteiger partial charge >= 0.3 is 6.61 Å². The van der Waals surface area contributed by atoms with E-state index in [4.69, 9.17) is 4.74 Å². The number of alkyl halides is 2. The van der Waals surface area contributed by atoms with Crippen LogP contribution in [0.5, 0.6) is 11.5 Å². The zero-order valence-electron chi connectivity index (χ0n) is 19.1. The number of nitrogens with zero attached hydrogens (tertiary/aromatic N) is 4. The molecule has 8 nitrogen and oxygen atoms in total. The van der Waals surface area contributed by atoms with Crippen molar-refractivity contribution in [2.24, 2.45) is 4.99 Å². The molecule has 1 aliphatic rings. The molecule has 0 bridgehead atoms. The molecular formula is C22H31F2IN6O2. The third kappa shape index (κ3) is 8.14. The van der Waals surface area contributed by atoms with E-state index >= 15 is 0 Å². The van der Waals surface area contributed by atoms with Crippen LogP contribution in [0.4, 0.5) is 14.6 Å². The maximum Gasteiger partial charge on any atom is 0.387 e. The summed E-state index contributed by atoms with van der Waals surface area (Å²) in [5.41, 5.74) is 1.61. The number of likely N-dealkylation sites (N-methyl/N-ethyl adjacent to an activating group) is 1. The normalized spacial score (nSPS) is 14.6. The van der Waals surface area contributed by atoms with Crippen LogP contribution in [0.25, 0.3) is 0 Å². The van der Waals surface area contributed by atoms with E-state index in [0.717, 1.165) is 37.6 Å². The first-order chi connectivity index (χ1) is 15.5. The van der Waals surface area contributed by atoms with Crippen molar-refractivity contribution in [3.8, 4) is 11.5 Å². The predicted octanol–water partition coefficient (Wildman–Crippen LogP) is 2.93. The molecule has 182 valence electrons. The second kappa shape index (κ2) is 13.3. The van der Waals surface area contributed by atoms with Crippen LogP contribution in [0.3, 0.4) is 0 Å². The number of aliphatic imine (C=N–C) groups is 1. The number of aromatic nitrogens is 1. The van der Waals surface area contributed by atoms with Gasteiger partial charge in [-0.15, -0.1) is 24.0 Å². The van der Waals surface area contributed by atoms with E-state index in [1.165, 1.54) is 13.2 Å². The summed E-state index contributed by atoms with van der Waals surface area (Å²) in [4.78, 5) is 13.3. The number of pyridine rings is 1. The topological polar surface area (TPSA) is 74.3 Å². The maximum absolute atomic E-state index is 12.7. The fourth-order valence-electron chi connectivity index (χ4n) is 3.40. The van der Waals surface area contributed by atoms with Crippen molar-refractivity contribution in [1.29, 1.82) is 0 Å². The van der Waals surface area contributed by atoms with Gasteiger partial charge in [0.1, 0.15) is 17.3 Å². The highest BCUT2D eigenvalue weighted by atomic mass is 127. The first-order valence-corrected chi connectivity index (χ1v) is 10.4. The molecule has 0 atom stereocenters. The van der Waals surface area contributed by atoms with E-state index in [-0.39, 0.29) is 36.3 Å². The number of hydrogen-bond donors (Lipinski definition) is 2. The van der Waals surface area contributed by atoms with Gasteiger partial charge in [-0.25, -0.2) is 4.98 Å². The van der Waals surface area contributed by atoms with Gasteiger partial charge in [-0.1, -0.05) is 0 Å². The Morgan fingerprint density at radius 2 is 1.85 bits per heavy atom. The molecule has 11 heteroatoms. The lowest BCUT2D eigenvalue weighted by Gasteiger charge is -2.33. The fraction of sp³-hybridized carbons (Fsp3) is 0.455. The Hall–Kier alpha value is -2.41. The summed E-state index contributed by atoms with van der Waals surface area (Å²) >= 11 is 0. The van der Waals surface area contributed by atoms with Crippen LogP contribution in [0.2, 0.25) is 0 Å². The SMILES string of the molecule is CN=C(NCc1ccnc(N2CCN(C)CC2)c1)NCc1cc(OC)ccc1OC(F)F.I. The average molecular weight is 576 g/mol. The molecule has 1 aromatic carbocycles. The number of nitrogens with one attached hydrogen (secondary N) is 2. The number of hydrogen-bond acceptors (Lipinski definition) is 6. The summed E-state index contributed by atoms with van der Waals surface area (Å²) in [6.45, 7) is 1.81. The summed E-state index contributed by atoms with van der Waals surface area (Å²) in [5, 5.41) is 6.38. The molecule has 1 aromatic heterocycles. The lowest BCUT2D eigenvalue weighted by molar-refractivity contribution is -0.0505. The smallest absolute Gasteiger partial charge is 0.387 e. The molecule has 1 fully saturated rings. The van der Waals surface area contributed by atoms with Crippen LogP contribution in [0, 0.1) is 0 Å². The Morgan fingerprint density at radius 3 is 2.52 bits per heavy atom. The number of ether oxygens (including phenoxy) is 2. The highest BCUT2D eigenvalue weighted by Crippen LogP contribution is 2.25. The average Bonchev–Trinajstić information content (AvgIpc) is 2.80. The van der Waals surface area contributed by atoms with E-state index < -0.39 is 6.61 Å². The van der Waals surface area contributed by atoms with Gasteiger partial charge in [-0.2, -0.15) is 8.78 Å². The van der Waals surface area contributed by atoms with Gasteiger partial charge in [-0.05, 0) is 42.9 Å². The van der Waals surface area contributed by atoms with Crippen LogP contribution in [0.15, 0.2) is 41.5 Å².